The van der Waals surface area contributed by atoms with Crippen LogP contribution in [0.2, 0.25) is 0 Å². The lowest BCUT2D eigenvalue weighted by Gasteiger charge is -2.02. The summed E-state index contributed by atoms with van der Waals surface area (Å²) in [5.74, 6) is -1.04. The Morgan fingerprint density at radius 1 is 1.33 bits per heavy atom. The smallest absolute Gasteiger partial charge is 0.349 e. The van der Waals surface area contributed by atoms with Crippen molar-refractivity contribution in [2.45, 2.75) is 6.42 Å². The van der Waals surface area contributed by atoms with Crippen molar-refractivity contribution < 1.29 is 18.7 Å². The van der Waals surface area contributed by atoms with Crippen LogP contribution in [-0.2, 0) is 16.0 Å². The summed E-state index contributed by atoms with van der Waals surface area (Å²) < 4.78 is 9.68. The van der Waals surface area contributed by atoms with Gasteiger partial charge in [0.1, 0.15) is 11.1 Å². The Bertz CT molecular complexity index is 976. The molecule has 1 N–H and O–H groups in total. The number of benzene rings is 1. The lowest BCUT2D eigenvalue weighted by molar-refractivity contribution is -0.139. The summed E-state index contributed by atoms with van der Waals surface area (Å²) in [5, 5.41) is 5.10. The molecular weight excluding hydrogens is 332 g/mol. The Hall–Kier alpha value is -3.00. The van der Waals surface area contributed by atoms with E-state index in [0.29, 0.717) is 16.7 Å². The highest BCUT2D eigenvalue weighted by atomic mass is 32.1. The number of thiazole rings is 1. The van der Waals surface area contributed by atoms with Crippen LogP contribution in [0.5, 0.6) is 0 Å². The summed E-state index contributed by atoms with van der Waals surface area (Å²) >= 11 is 1.15. The third-order valence-electron chi connectivity index (χ3n) is 3.21. The van der Waals surface area contributed by atoms with Gasteiger partial charge in [0.15, 0.2) is 5.13 Å². The van der Waals surface area contributed by atoms with Gasteiger partial charge in [-0.1, -0.05) is 18.2 Å². The van der Waals surface area contributed by atoms with Crippen LogP contribution in [0.25, 0.3) is 11.0 Å². The van der Waals surface area contributed by atoms with Crippen LogP contribution in [0, 0.1) is 0 Å². The van der Waals surface area contributed by atoms with Gasteiger partial charge in [0.05, 0.1) is 19.2 Å². The normalized spacial score (nSPS) is 10.5. The van der Waals surface area contributed by atoms with Crippen molar-refractivity contribution in [2.75, 3.05) is 12.4 Å². The van der Waals surface area contributed by atoms with Crippen LogP contribution in [0.15, 0.2) is 44.9 Å². The fraction of sp³-hybridized carbons (Fsp3) is 0.125. The van der Waals surface area contributed by atoms with Crippen LogP contribution in [0.3, 0.4) is 0 Å². The van der Waals surface area contributed by atoms with E-state index in [9.17, 15) is 14.4 Å². The average Bonchev–Trinajstić information content (AvgIpc) is 3.00. The van der Waals surface area contributed by atoms with Crippen molar-refractivity contribution >= 4 is 39.3 Å². The number of aromatic nitrogens is 1. The standard InChI is InChI=1S/C16H12N2O5S/c1-22-13(19)7-10-8-24-16(17-10)18-14(20)11-6-9-4-2-3-5-12(9)23-15(11)21/h2-6,8H,7H2,1H3,(H,17,18,20). The van der Waals surface area contributed by atoms with Gasteiger partial charge in [-0.05, 0) is 12.1 Å². The van der Waals surface area contributed by atoms with E-state index in [1.807, 2.05) is 0 Å². The van der Waals surface area contributed by atoms with Gasteiger partial charge in [0.2, 0.25) is 0 Å². The number of esters is 1. The van der Waals surface area contributed by atoms with Gasteiger partial charge in [-0.3, -0.25) is 14.9 Å². The molecular formula is C16H12N2O5S. The molecule has 0 bridgehead atoms. The van der Waals surface area contributed by atoms with Gasteiger partial charge < -0.3 is 9.15 Å². The molecule has 0 atom stereocenters. The maximum Gasteiger partial charge on any atom is 0.349 e. The highest BCUT2D eigenvalue weighted by Crippen LogP contribution is 2.18. The van der Waals surface area contributed by atoms with Gasteiger partial charge in [-0.25, -0.2) is 9.78 Å². The van der Waals surface area contributed by atoms with E-state index in [1.54, 1.807) is 29.6 Å². The van der Waals surface area contributed by atoms with Crippen LogP contribution < -0.4 is 10.9 Å². The molecule has 0 spiro atoms. The minimum absolute atomic E-state index is 0.0149. The van der Waals surface area contributed by atoms with E-state index in [2.05, 4.69) is 15.0 Å². The molecule has 0 unspecified atom stereocenters. The van der Waals surface area contributed by atoms with E-state index in [0.717, 1.165) is 11.3 Å². The third kappa shape index (κ3) is 3.33. The van der Waals surface area contributed by atoms with Crippen molar-refractivity contribution in [3.63, 3.8) is 0 Å². The predicted molar refractivity (Wildman–Crippen MR) is 88.3 cm³/mol. The van der Waals surface area contributed by atoms with Gasteiger partial charge in [0.25, 0.3) is 5.91 Å². The number of hydrogen-bond donors (Lipinski definition) is 1. The molecule has 3 aromatic rings. The highest BCUT2D eigenvalue weighted by molar-refractivity contribution is 7.14. The summed E-state index contributed by atoms with van der Waals surface area (Å²) in [4.78, 5) is 39.5. The number of carbonyl (C=O) groups is 2. The molecule has 0 aliphatic rings. The number of ether oxygens (including phenoxy) is 1. The number of amides is 1. The molecule has 0 saturated carbocycles. The molecule has 7 nitrogen and oxygen atoms in total. The molecule has 122 valence electrons. The predicted octanol–water partition coefficient (Wildman–Crippen LogP) is 2.22. The summed E-state index contributed by atoms with van der Waals surface area (Å²) in [6.45, 7) is 0. The second-order valence-electron chi connectivity index (χ2n) is 4.84. The largest absolute Gasteiger partial charge is 0.469 e. The van der Waals surface area contributed by atoms with E-state index in [-0.39, 0.29) is 17.1 Å². The fourth-order valence-electron chi connectivity index (χ4n) is 2.05. The number of anilines is 1. The Morgan fingerprint density at radius 3 is 2.92 bits per heavy atom. The van der Waals surface area contributed by atoms with E-state index in [1.165, 1.54) is 13.2 Å². The van der Waals surface area contributed by atoms with E-state index < -0.39 is 17.5 Å². The van der Waals surface area contributed by atoms with Crippen LogP contribution in [-0.4, -0.2) is 24.0 Å². The molecule has 1 amide bonds. The SMILES string of the molecule is COC(=O)Cc1csc(NC(=O)c2cc3ccccc3oc2=O)n1. The molecule has 0 saturated heterocycles. The number of rotatable bonds is 4. The minimum atomic E-state index is -0.724. The molecule has 24 heavy (non-hydrogen) atoms. The molecule has 0 aliphatic heterocycles. The van der Waals surface area contributed by atoms with Crippen LogP contribution in [0.1, 0.15) is 16.1 Å². The molecule has 1 aromatic carbocycles. The molecule has 0 radical (unpaired) electrons. The lowest BCUT2D eigenvalue weighted by Crippen LogP contribution is -2.20. The summed E-state index contributed by atoms with van der Waals surface area (Å²) in [5.41, 5.74) is 0.0531. The molecule has 0 fully saturated rings. The zero-order valence-corrected chi connectivity index (χ0v) is 13.4. The first-order valence-electron chi connectivity index (χ1n) is 6.92. The first-order valence-corrected chi connectivity index (χ1v) is 7.80. The Balaban J connectivity index is 1.81. The maximum atomic E-state index is 12.3. The van der Waals surface area contributed by atoms with Gasteiger partial charge in [-0.15, -0.1) is 11.3 Å². The first kappa shape index (κ1) is 15.9. The molecule has 3 rings (SSSR count). The quantitative estimate of drug-likeness (QED) is 0.575. The number of fused-ring (bicyclic) bond motifs is 1. The zero-order chi connectivity index (χ0) is 17.1. The number of nitrogens with zero attached hydrogens (tertiary/aromatic N) is 1. The van der Waals surface area contributed by atoms with Crippen molar-refractivity contribution in [1.29, 1.82) is 0 Å². The van der Waals surface area contributed by atoms with Gasteiger partial charge >= 0.3 is 11.6 Å². The molecule has 8 heteroatoms. The zero-order valence-electron chi connectivity index (χ0n) is 12.6. The fourth-order valence-corrected chi connectivity index (χ4v) is 2.76. The van der Waals surface area contributed by atoms with Crippen LogP contribution >= 0.6 is 11.3 Å². The van der Waals surface area contributed by atoms with Crippen LogP contribution in [0.4, 0.5) is 5.13 Å². The maximum absolute atomic E-state index is 12.3. The second-order valence-corrected chi connectivity index (χ2v) is 5.69. The van der Waals surface area contributed by atoms with Crippen molar-refractivity contribution in [1.82, 2.24) is 4.98 Å². The van der Waals surface area contributed by atoms with Crippen molar-refractivity contribution in [3.05, 3.63) is 57.4 Å². The van der Waals surface area contributed by atoms with Gasteiger partial charge in [-0.2, -0.15) is 0 Å². The Kier molecular flexibility index (Phi) is 4.39. The number of para-hydroxylation sites is 1. The van der Waals surface area contributed by atoms with Gasteiger partial charge in [0, 0.05) is 10.8 Å². The molecule has 2 heterocycles. The lowest BCUT2D eigenvalue weighted by atomic mass is 10.2. The van der Waals surface area contributed by atoms with E-state index in [4.69, 9.17) is 4.42 Å². The summed E-state index contributed by atoms with van der Waals surface area (Å²) in [7, 11) is 1.29. The Morgan fingerprint density at radius 2 is 2.12 bits per heavy atom. The third-order valence-corrected chi connectivity index (χ3v) is 4.02. The monoisotopic (exact) mass is 344 g/mol. The van der Waals surface area contributed by atoms with E-state index >= 15 is 0 Å². The topological polar surface area (TPSA) is 98.5 Å². The number of carbonyl (C=O) groups excluding carboxylic acids is 2. The molecule has 0 aliphatic carbocycles. The second kappa shape index (κ2) is 6.63. The Labute approximate surface area is 139 Å². The molecule has 2 aromatic heterocycles. The first-order chi connectivity index (χ1) is 11.6. The van der Waals surface area contributed by atoms with Crippen molar-refractivity contribution in [3.8, 4) is 0 Å². The highest BCUT2D eigenvalue weighted by Gasteiger charge is 2.16. The summed E-state index contributed by atoms with van der Waals surface area (Å²) in [6.07, 6.45) is 0.0149. The number of methoxy groups -OCH3 is 1. The minimum Gasteiger partial charge on any atom is -0.469 e. The number of hydrogen-bond acceptors (Lipinski definition) is 7. The van der Waals surface area contributed by atoms with Crippen molar-refractivity contribution in [2.24, 2.45) is 0 Å². The summed E-state index contributed by atoms with van der Waals surface area (Å²) in [6, 6.07) is 8.39. The average molecular weight is 344 g/mol. The number of nitrogens with one attached hydrogen (secondary N) is 1.